The SMILES string of the molecule is COC(=O)CNC(=O)CC(c1cccc2ccccc12)n1cccc1. The van der Waals surface area contributed by atoms with Crippen molar-refractivity contribution in [3.8, 4) is 0 Å². The first-order valence-electron chi connectivity index (χ1n) is 8.12. The lowest BCUT2D eigenvalue weighted by Crippen LogP contribution is -2.32. The summed E-state index contributed by atoms with van der Waals surface area (Å²) in [7, 11) is 1.30. The van der Waals surface area contributed by atoms with Crippen LogP contribution in [0.25, 0.3) is 10.8 Å². The lowest BCUT2D eigenvalue weighted by molar-refractivity contribution is -0.141. The Morgan fingerprint density at radius 3 is 2.52 bits per heavy atom. The summed E-state index contributed by atoms with van der Waals surface area (Å²) in [5.74, 6) is -0.659. The van der Waals surface area contributed by atoms with Crippen LogP contribution in [0, 0.1) is 0 Å². The number of ether oxygens (including phenoxy) is 1. The van der Waals surface area contributed by atoms with E-state index >= 15 is 0 Å². The predicted molar refractivity (Wildman–Crippen MR) is 96.2 cm³/mol. The lowest BCUT2D eigenvalue weighted by Gasteiger charge is -2.21. The summed E-state index contributed by atoms with van der Waals surface area (Å²) >= 11 is 0. The van der Waals surface area contributed by atoms with Gasteiger partial charge in [-0.1, -0.05) is 42.5 Å². The Kier molecular flexibility index (Phi) is 5.14. The minimum Gasteiger partial charge on any atom is -0.468 e. The molecule has 0 saturated carbocycles. The van der Waals surface area contributed by atoms with Crippen molar-refractivity contribution in [2.45, 2.75) is 12.5 Å². The number of aromatic nitrogens is 1. The molecular formula is C20H20N2O3. The van der Waals surface area contributed by atoms with Gasteiger partial charge in [0.15, 0.2) is 0 Å². The second kappa shape index (κ2) is 7.66. The molecule has 0 fully saturated rings. The quantitative estimate of drug-likeness (QED) is 0.704. The van der Waals surface area contributed by atoms with E-state index < -0.39 is 5.97 Å². The first kappa shape index (κ1) is 16.8. The number of carbonyl (C=O) groups excluding carboxylic acids is 2. The number of benzene rings is 2. The van der Waals surface area contributed by atoms with Crippen LogP contribution in [0.5, 0.6) is 0 Å². The maximum Gasteiger partial charge on any atom is 0.325 e. The fraction of sp³-hybridized carbons (Fsp3) is 0.200. The summed E-state index contributed by atoms with van der Waals surface area (Å²) in [6.45, 7) is -0.122. The molecule has 0 spiro atoms. The molecule has 1 heterocycles. The number of hydrogen-bond donors (Lipinski definition) is 1. The monoisotopic (exact) mass is 336 g/mol. The number of amides is 1. The Morgan fingerprint density at radius 1 is 1.04 bits per heavy atom. The molecule has 0 aliphatic carbocycles. The first-order valence-corrected chi connectivity index (χ1v) is 8.12. The van der Waals surface area contributed by atoms with Crippen LogP contribution >= 0.6 is 0 Å². The van der Waals surface area contributed by atoms with E-state index in [2.05, 4.69) is 28.3 Å². The minimum absolute atomic E-state index is 0.122. The molecule has 1 unspecified atom stereocenters. The number of nitrogens with one attached hydrogen (secondary N) is 1. The molecule has 1 atom stereocenters. The molecule has 3 rings (SSSR count). The number of rotatable bonds is 6. The summed E-state index contributed by atoms with van der Waals surface area (Å²) < 4.78 is 6.57. The second-order valence-electron chi connectivity index (χ2n) is 5.77. The Bertz CT molecular complexity index is 866. The number of hydrogen-bond acceptors (Lipinski definition) is 3. The van der Waals surface area contributed by atoms with Gasteiger partial charge in [-0.3, -0.25) is 9.59 Å². The molecule has 128 valence electrons. The molecule has 3 aromatic rings. The van der Waals surface area contributed by atoms with E-state index in [-0.39, 0.29) is 24.9 Å². The standard InChI is InChI=1S/C20H20N2O3/c1-25-20(24)14-21-19(23)13-18(22-11-4-5-12-22)17-10-6-8-15-7-2-3-9-16(15)17/h2-12,18H,13-14H2,1H3,(H,21,23). The smallest absolute Gasteiger partial charge is 0.325 e. The lowest BCUT2D eigenvalue weighted by atomic mass is 9.96. The second-order valence-corrected chi connectivity index (χ2v) is 5.77. The van der Waals surface area contributed by atoms with Gasteiger partial charge in [0.2, 0.25) is 5.91 Å². The van der Waals surface area contributed by atoms with Crippen molar-refractivity contribution in [3.05, 3.63) is 72.6 Å². The zero-order valence-electron chi connectivity index (χ0n) is 14.0. The van der Waals surface area contributed by atoms with E-state index in [1.807, 2.05) is 53.4 Å². The van der Waals surface area contributed by atoms with Crippen LogP contribution in [0.1, 0.15) is 18.0 Å². The van der Waals surface area contributed by atoms with Crippen molar-refractivity contribution in [3.63, 3.8) is 0 Å². The highest BCUT2D eigenvalue weighted by Gasteiger charge is 2.19. The van der Waals surface area contributed by atoms with Gasteiger partial charge < -0.3 is 14.6 Å². The number of nitrogens with zero attached hydrogens (tertiary/aromatic N) is 1. The first-order chi connectivity index (χ1) is 12.2. The van der Waals surface area contributed by atoms with Crippen LogP contribution in [0.15, 0.2) is 67.0 Å². The highest BCUT2D eigenvalue weighted by Crippen LogP contribution is 2.29. The van der Waals surface area contributed by atoms with Gasteiger partial charge in [0.05, 0.1) is 19.6 Å². The van der Waals surface area contributed by atoms with E-state index in [9.17, 15) is 9.59 Å². The van der Waals surface area contributed by atoms with E-state index in [4.69, 9.17) is 0 Å². The molecule has 1 aromatic heterocycles. The van der Waals surface area contributed by atoms with Gasteiger partial charge in [0, 0.05) is 12.4 Å². The summed E-state index contributed by atoms with van der Waals surface area (Å²) in [6.07, 6.45) is 4.12. The van der Waals surface area contributed by atoms with Crippen LogP contribution in [0.3, 0.4) is 0 Å². The third-order valence-electron chi connectivity index (χ3n) is 4.21. The van der Waals surface area contributed by atoms with Crippen LogP contribution < -0.4 is 5.32 Å². The third-order valence-corrected chi connectivity index (χ3v) is 4.21. The fourth-order valence-corrected chi connectivity index (χ4v) is 2.96. The van der Waals surface area contributed by atoms with Crippen molar-refractivity contribution in [2.24, 2.45) is 0 Å². The van der Waals surface area contributed by atoms with Crippen LogP contribution in [-0.4, -0.2) is 30.1 Å². The molecule has 25 heavy (non-hydrogen) atoms. The van der Waals surface area contributed by atoms with E-state index in [0.29, 0.717) is 0 Å². The average Bonchev–Trinajstić information content (AvgIpc) is 3.18. The maximum atomic E-state index is 12.3. The normalized spacial score (nSPS) is 11.9. The summed E-state index contributed by atoms with van der Waals surface area (Å²) in [4.78, 5) is 23.6. The van der Waals surface area contributed by atoms with Gasteiger partial charge >= 0.3 is 5.97 Å². The number of esters is 1. The van der Waals surface area contributed by atoms with Crippen LogP contribution in [-0.2, 0) is 14.3 Å². The Hall–Kier alpha value is -3.08. The molecule has 2 aromatic carbocycles. The highest BCUT2D eigenvalue weighted by atomic mass is 16.5. The minimum atomic E-state index is -0.462. The summed E-state index contributed by atoms with van der Waals surface area (Å²) in [6, 6.07) is 17.9. The van der Waals surface area contributed by atoms with Gasteiger partial charge in [0.25, 0.3) is 0 Å². The van der Waals surface area contributed by atoms with E-state index in [0.717, 1.165) is 16.3 Å². The van der Waals surface area contributed by atoms with E-state index in [1.165, 1.54) is 7.11 Å². The van der Waals surface area contributed by atoms with E-state index in [1.54, 1.807) is 0 Å². The van der Waals surface area contributed by atoms with Crippen molar-refractivity contribution in [1.29, 1.82) is 0 Å². The summed E-state index contributed by atoms with van der Waals surface area (Å²) in [5.41, 5.74) is 1.07. The predicted octanol–water partition coefficient (Wildman–Crippen LogP) is 2.91. The number of fused-ring (bicyclic) bond motifs is 1. The molecule has 0 radical (unpaired) electrons. The Labute approximate surface area is 146 Å². The average molecular weight is 336 g/mol. The van der Waals surface area contributed by atoms with Crippen molar-refractivity contribution in [1.82, 2.24) is 9.88 Å². The largest absolute Gasteiger partial charge is 0.468 e. The number of methoxy groups -OCH3 is 1. The highest BCUT2D eigenvalue weighted by molar-refractivity contribution is 5.87. The Morgan fingerprint density at radius 2 is 1.76 bits per heavy atom. The topological polar surface area (TPSA) is 60.3 Å². The zero-order valence-corrected chi connectivity index (χ0v) is 14.0. The van der Waals surface area contributed by atoms with Gasteiger partial charge in [0.1, 0.15) is 6.54 Å². The van der Waals surface area contributed by atoms with Crippen LogP contribution in [0.4, 0.5) is 0 Å². The van der Waals surface area contributed by atoms with Gasteiger partial charge in [-0.15, -0.1) is 0 Å². The van der Waals surface area contributed by atoms with Crippen molar-refractivity contribution >= 4 is 22.6 Å². The molecule has 0 saturated heterocycles. The number of carbonyl (C=O) groups is 2. The molecule has 0 bridgehead atoms. The summed E-state index contributed by atoms with van der Waals surface area (Å²) in [5, 5.41) is 4.86. The van der Waals surface area contributed by atoms with Crippen molar-refractivity contribution < 1.29 is 14.3 Å². The molecule has 0 aliphatic heterocycles. The molecule has 1 amide bonds. The van der Waals surface area contributed by atoms with Gasteiger partial charge in [-0.05, 0) is 28.5 Å². The maximum absolute atomic E-state index is 12.3. The van der Waals surface area contributed by atoms with Crippen molar-refractivity contribution in [2.75, 3.05) is 13.7 Å². The molecule has 5 heteroatoms. The third kappa shape index (κ3) is 3.88. The molecule has 0 aliphatic rings. The molecular weight excluding hydrogens is 316 g/mol. The fourth-order valence-electron chi connectivity index (χ4n) is 2.96. The van der Waals surface area contributed by atoms with Crippen LogP contribution in [0.2, 0.25) is 0 Å². The molecule has 5 nitrogen and oxygen atoms in total. The Balaban J connectivity index is 1.90. The molecule has 1 N–H and O–H groups in total. The zero-order chi connectivity index (χ0) is 17.6. The van der Waals surface area contributed by atoms with Gasteiger partial charge in [-0.25, -0.2) is 0 Å². The van der Waals surface area contributed by atoms with Gasteiger partial charge in [-0.2, -0.15) is 0 Å².